The minimum absolute atomic E-state index is 0.164. The van der Waals surface area contributed by atoms with E-state index < -0.39 is 0 Å². The first kappa shape index (κ1) is 16.1. The van der Waals surface area contributed by atoms with Gasteiger partial charge in [0.2, 0.25) is 0 Å². The van der Waals surface area contributed by atoms with Crippen molar-refractivity contribution in [1.82, 2.24) is 0 Å². The number of hydrogen-bond acceptors (Lipinski definition) is 4. The lowest BCUT2D eigenvalue weighted by molar-refractivity contribution is -0.142. The summed E-state index contributed by atoms with van der Waals surface area (Å²) < 4.78 is 10.7. The summed E-state index contributed by atoms with van der Waals surface area (Å²) in [5.74, 6) is 0.842. The highest BCUT2D eigenvalue weighted by Gasteiger charge is 2.07. The number of hydrogen-bond donors (Lipinski definition) is 1. The third kappa shape index (κ3) is 4.36. The molecule has 0 saturated carbocycles. The maximum absolute atomic E-state index is 11.5. The smallest absolute Gasteiger partial charge is 0.310 e. The van der Waals surface area contributed by atoms with E-state index in [9.17, 15) is 9.90 Å². The fourth-order valence-corrected chi connectivity index (χ4v) is 2.05. The van der Waals surface area contributed by atoms with Crippen LogP contribution >= 0.6 is 0 Å². The van der Waals surface area contributed by atoms with E-state index in [1.165, 1.54) is 0 Å². The van der Waals surface area contributed by atoms with Gasteiger partial charge in [0, 0.05) is 5.56 Å². The molecule has 0 aliphatic carbocycles. The normalized spacial score (nSPS) is 10.3. The maximum atomic E-state index is 11.5. The number of carbonyl (C=O) groups excluding carboxylic acids is 1. The Morgan fingerprint density at radius 1 is 1.23 bits per heavy atom. The van der Waals surface area contributed by atoms with Gasteiger partial charge in [-0.1, -0.05) is 29.7 Å². The highest BCUT2D eigenvalue weighted by molar-refractivity contribution is 6.32. The molecule has 22 heavy (non-hydrogen) atoms. The molecule has 0 aliphatic rings. The van der Waals surface area contributed by atoms with Gasteiger partial charge in [0.15, 0.2) is 0 Å². The number of carbonyl (C=O) groups is 1. The number of benzene rings is 2. The van der Waals surface area contributed by atoms with Crippen LogP contribution in [0.4, 0.5) is 0 Å². The average molecular weight is 296 g/mol. The van der Waals surface area contributed by atoms with E-state index in [1.54, 1.807) is 43.3 Å². The molecule has 1 N–H and O–H groups in total. The lowest BCUT2D eigenvalue weighted by Crippen LogP contribution is -2.07. The van der Waals surface area contributed by atoms with Crippen LogP contribution in [0.3, 0.4) is 0 Å². The van der Waals surface area contributed by atoms with Crippen molar-refractivity contribution in [3.63, 3.8) is 0 Å². The Hall–Kier alpha value is -2.27. The zero-order chi connectivity index (χ0) is 15.9. The molecule has 0 fully saturated rings. The van der Waals surface area contributed by atoms with Crippen LogP contribution in [0.5, 0.6) is 11.5 Å². The van der Waals surface area contributed by atoms with E-state index in [4.69, 9.17) is 17.3 Å². The lowest BCUT2D eigenvalue weighted by atomic mass is 9.94. The second kappa shape index (κ2) is 7.66. The van der Waals surface area contributed by atoms with E-state index in [-0.39, 0.29) is 19.0 Å². The summed E-state index contributed by atoms with van der Waals surface area (Å²) in [4.78, 5) is 11.5. The van der Waals surface area contributed by atoms with Crippen LogP contribution in [0, 0.1) is 0 Å². The van der Waals surface area contributed by atoms with E-state index in [2.05, 4.69) is 0 Å². The Bertz CT molecular complexity index is 655. The summed E-state index contributed by atoms with van der Waals surface area (Å²) in [5.41, 5.74) is 1.97. The Labute approximate surface area is 131 Å². The van der Waals surface area contributed by atoms with E-state index in [1.807, 2.05) is 6.07 Å². The van der Waals surface area contributed by atoms with Crippen molar-refractivity contribution >= 4 is 19.3 Å². The predicted octanol–water partition coefficient (Wildman–Crippen LogP) is 1.87. The molecule has 0 saturated heterocycles. The monoisotopic (exact) mass is 296 g/mol. The van der Waals surface area contributed by atoms with Crippen molar-refractivity contribution in [2.75, 3.05) is 6.61 Å². The van der Waals surface area contributed by atoms with Crippen molar-refractivity contribution in [1.29, 1.82) is 0 Å². The van der Waals surface area contributed by atoms with Gasteiger partial charge in [-0.25, -0.2) is 0 Å². The SMILES string of the molecule is [B]c1ccc(Oc2cccc(CC(=O)OCC)c2)c(CO)c1. The van der Waals surface area contributed by atoms with Crippen LogP contribution in [-0.4, -0.2) is 25.5 Å². The van der Waals surface area contributed by atoms with Crippen molar-refractivity contribution in [2.45, 2.75) is 20.0 Å². The van der Waals surface area contributed by atoms with Gasteiger partial charge in [-0.3, -0.25) is 4.79 Å². The molecule has 112 valence electrons. The Morgan fingerprint density at radius 2 is 2.05 bits per heavy atom. The summed E-state index contributed by atoms with van der Waals surface area (Å²) in [6.07, 6.45) is 0.194. The van der Waals surface area contributed by atoms with Gasteiger partial charge in [-0.15, -0.1) is 0 Å². The van der Waals surface area contributed by atoms with Gasteiger partial charge in [-0.05, 0) is 30.7 Å². The number of ether oxygens (including phenoxy) is 2. The molecule has 2 rings (SSSR count). The van der Waals surface area contributed by atoms with Crippen molar-refractivity contribution in [3.8, 4) is 11.5 Å². The first-order valence-corrected chi connectivity index (χ1v) is 7.04. The second-order valence-corrected chi connectivity index (χ2v) is 4.76. The van der Waals surface area contributed by atoms with Gasteiger partial charge < -0.3 is 14.6 Å². The summed E-state index contributed by atoms with van der Waals surface area (Å²) in [5, 5.41) is 9.36. The molecule has 4 nitrogen and oxygen atoms in total. The average Bonchev–Trinajstić information content (AvgIpc) is 2.49. The van der Waals surface area contributed by atoms with Crippen LogP contribution in [0.25, 0.3) is 0 Å². The number of rotatable bonds is 6. The van der Waals surface area contributed by atoms with Gasteiger partial charge in [-0.2, -0.15) is 0 Å². The van der Waals surface area contributed by atoms with Crippen LogP contribution in [-0.2, 0) is 22.6 Å². The highest BCUT2D eigenvalue weighted by Crippen LogP contribution is 2.25. The molecule has 0 atom stereocenters. The molecule has 0 heterocycles. The highest BCUT2D eigenvalue weighted by atomic mass is 16.5. The molecule has 5 heteroatoms. The Balaban J connectivity index is 2.15. The van der Waals surface area contributed by atoms with Crippen LogP contribution < -0.4 is 10.2 Å². The fourth-order valence-electron chi connectivity index (χ4n) is 2.05. The maximum Gasteiger partial charge on any atom is 0.310 e. The molecule has 2 aromatic carbocycles. The lowest BCUT2D eigenvalue weighted by Gasteiger charge is -2.11. The zero-order valence-corrected chi connectivity index (χ0v) is 12.4. The van der Waals surface area contributed by atoms with Crippen LogP contribution in [0.2, 0.25) is 0 Å². The molecule has 0 aromatic heterocycles. The van der Waals surface area contributed by atoms with E-state index >= 15 is 0 Å². The molecule has 0 amide bonds. The molecule has 0 unspecified atom stereocenters. The van der Waals surface area contributed by atoms with Gasteiger partial charge >= 0.3 is 5.97 Å². The quantitative estimate of drug-likeness (QED) is 0.653. The largest absolute Gasteiger partial charge is 0.466 e. The molecule has 0 aliphatic heterocycles. The number of aliphatic hydroxyl groups is 1. The molecule has 2 radical (unpaired) electrons. The van der Waals surface area contributed by atoms with Gasteiger partial charge in [0.25, 0.3) is 0 Å². The summed E-state index contributed by atoms with van der Waals surface area (Å²) in [7, 11) is 5.69. The fraction of sp³-hybridized carbons (Fsp3) is 0.235. The minimum atomic E-state index is -0.275. The first-order valence-electron chi connectivity index (χ1n) is 7.04. The topological polar surface area (TPSA) is 55.8 Å². The van der Waals surface area contributed by atoms with Gasteiger partial charge in [0.05, 0.1) is 19.6 Å². The minimum Gasteiger partial charge on any atom is -0.466 e. The standard InChI is InChI=1S/C17H17BO4/c1-2-21-17(20)9-12-4-3-5-15(8-12)22-16-7-6-14(18)10-13(16)11-19/h3-8,10,19H,2,9,11H2,1H3. The van der Waals surface area contributed by atoms with Gasteiger partial charge in [0.1, 0.15) is 19.3 Å². The molecular weight excluding hydrogens is 279 g/mol. The third-order valence-corrected chi connectivity index (χ3v) is 3.03. The number of esters is 1. The summed E-state index contributed by atoms with van der Waals surface area (Å²) in [6.45, 7) is 1.97. The first-order chi connectivity index (χ1) is 10.6. The molecule has 0 spiro atoms. The second-order valence-electron chi connectivity index (χ2n) is 4.76. The van der Waals surface area contributed by atoms with E-state index in [0.29, 0.717) is 29.1 Å². The van der Waals surface area contributed by atoms with Crippen molar-refractivity contribution < 1.29 is 19.4 Å². The Kier molecular flexibility index (Phi) is 5.61. The molecule has 2 aromatic rings. The zero-order valence-electron chi connectivity index (χ0n) is 12.4. The van der Waals surface area contributed by atoms with Crippen molar-refractivity contribution in [3.05, 3.63) is 53.6 Å². The van der Waals surface area contributed by atoms with Crippen LogP contribution in [0.1, 0.15) is 18.1 Å². The van der Waals surface area contributed by atoms with Crippen molar-refractivity contribution in [2.24, 2.45) is 0 Å². The Morgan fingerprint density at radius 3 is 2.77 bits per heavy atom. The summed E-state index contributed by atoms with van der Waals surface area (Å²) in [6, 6.07) is 12.3. The predicted molar refractivity (Wildman–Crippen MR) is 84.6 cm³/mol. The van der Waals surface area contributed by atoms with E-state index in [0.717, 1.165) is 5.56 Å². The summed E-state index contributed by atoms with van der Waals surface area (Å²) >= 11 is 0. The molecule has 0 bridgehead atoms. The third-order valence-electron chi connectivity index (χ3n) is 3.03. The molecular formula is C17H17BO4. The van der Waals surface area contributed by atoms with Crippen LogP contribution in [0.15, 0.2) is 42.5 Å². The number of aliphatic hydroxyl groups excluding tert-OH is 1.